The largest absolute Gasteiger partial charge is 0.493 e. The minimum atomic E-state index is -3.73. The highest BCUT2D eigenvalue weighted by molar-refractivity contribution is 7.92. The number of nitrogens with one attached hydrogen (secondary N) is 1. The first-order valence-electron chi connectivity index (χ1n) is 12.7. The van der Waals surface area contributed by atoms with Crippen molar-refractivity contribution in [2.75, 3.05) is 17.6 Å². The first-order valence-corrected chi connectivity index (χ1v) is 15.0. The normalized spacial score (nSPS) is 14.3. The molecule has 9 heteroatoms. The Labute approximate surface area is 235 Å². The fourth-order valence-electron chi connectivity index (χ4n) is 5.14. The third-order valence-corrected chi connectivity index (χ3v) is 7.41. The topological polar surface area (TPSA) is 102 Å². The average molecular weight is 572 g/mol. The van der Waals surface area contributed by atoms with Crippen LogP contribution in [0.25, 0.3) is 22.3 Å². The molecule has 7 nitrogen and oxygen atoms in total. The van der Waals surface area contributed by atoms with E-state index in [9.17, 15) is 18.3 Å². The Morgan fingerprint density at radius 1 is 1.08 bits per heavy atom. The summed E-state index contributed by atoms with van der Waals surface area (Å²) in [6, 6.07) is 13.0. The number of hydrogen-bond acceptors (Lipinski definition) is 5. The molecular weight excluding hydrogens is 538 g/mol. The highest BCUT2D eigenvalue weighted by Gasteiger charge is 2.34. The number of carboxylic acids is 1. The minimum Gasteiger partial charge on any atom is -0.493 e. The maximum atomic E-state index is 12.8. The molecule has 0 aliphatic carbocycles. The van der Waals surface area contributed by atoms with Gasteiger partial charge >= 0.3 is 5.97 Å². The van der Waals surface area contributed by atoms with E-state index in [0.717, 1.165) is 36.0 Å². The van der Waals surface area contributed by atoms with Gasteiger partial charge in [0.05, 0.1) is 24.2 Å². The number of aliphatic carboxylic acids is 1. The summed E-state index contributed by atoms with van der Waals surface area (Å²) in [5.41, 5.74) is 4.88. The fourth-order valence-corrected chi connectivity index (χ4v) is 5.96. The van der Waals surface area contributed by atoms with E-state index in [1.807, 2.05) is 31.2 Å². The highest BCUT2D eigenvalue weighted by Crippen LogP contribution is 2.48. The van der Waals surface area contributed by atoms with E-state index in [1.54, 1.807) is 45.9 Å². The van der Waals surface area contributed by atoms with Gasteiger partial charge in [0.2, 0.25) is 10.0 Å². The van der Waals surface area contributed by atoms with Crippen LogP contribution in [0.5, 0.6) is 5.75 Å². The van der Waals surface area contributed by atoms with Crippen LogP contribution in [0, 0.1) is 13.8 Å². The van der Waals surface area contributed by atoms with E-state index in [0.29, 0.717) is 50.7 Å². The molecule has 1 unspecified atom stereocenters. The van der Waals surface area contributed by atoms with Gasteiger partial charge < -0.3 is 14.6 Å². The summed E-state index contributed by atoms with van der Waals surface area (Å²) in [5, 5.41) is 10.9. The molecule has 0 saturated heterocycles. The number of aryl methyl sites for hydroxylation is 1. The molecule has 1 aliphatic rings. The molecule has 39 heavy (non-hydrogen) atoms. The Bertz CT molecular complexity index is 1540. The number of rotatable bonds is 7. The summed E-state index contributed by atoms with van der Waals surface area (Å²) in [7, 11) is -3.73. The second-order valence-electron chi connectivity index (χ2n) is 10.9. The number of hydrogen-bond donors (Lipinski definition) is 2. The van der Waals surface area contributed by atoms with Crippen molar-refractivity contribution in [1.82, 2.24) is 0 Å². The van der Waals surface area contributed by atoms with Crippen LogP contribution in [0.3, 0.4) is 0 Å². The van der Waals surface area contributed by atoms with Crippen LogP contribution in [0.1, 0.15) is 55.5 Å². The van der Waals surface area contributed by atoms with E-state index < -0.39 is 27.7 Å². The van der Waals surface area contributed by atoms with Crippen molar-refractivity contribution >= 4 is 33.3 Å². The number of carbonyl (C=O) groups is 1. The molecule has 3 aromatic carbocycles. The highest BCUT2D eigenvalue weighted by atomic mass is 35.5. The summed E-state index contributed by atoms with van der Waals surface area (Å²) in [6.07, 6.45) is 1.43. The molecule has 0 fully saturated rings. The average Bonchev–Trinajstić information content (AvgIpc) is 2.83. The Morgan fingerprint density at radius 2 is 1.77 bits per heavy atom. The summed E-state index contributed by atoms with van der Waals surface area (Å²) >= 11 is 6.35. The molecule has 1 heterocycles. The van der Waals surface area contributed by atoms with Crippen LogP contribution in [-0.4, -0.2) is 38.0 Å². The number of benzene rings is 3. The number of halogens is 1. The minimum absolute atomic E-state index is 0.293. The molecule has 1 aliphatic heterocycles. The van der Waals surface area contributed by atoms with Gasteiger partial charge in [0.1, 0.15) is 5.75 Å². The maximum Gasteiger partial charge on any atom is 0.337 e. The lowest BCUT2D eigenvalue weighted by atomic mass is 9.82. The van der Waals surface area contributed by atoms with Crippen molar-refractivity contribution in [1.29, 1.82) is 0 Å². The second-order valence-corrected chi connectivity index (χ2v) is 13.1. The molecule has 1 atom stereocenters. The van der Waals surface area contributed by atoms with Crippen LogP contribution in [0.2, 0.25) is 5.02 Å². The van der Waals surface area contributed by atoms with Crippen molar-refractivity contribution < 1.29 is 27.8 Å². The van der Waals surface area contributed by atoms with Gasteiger partial charge in [0.25, 0.3) is 0 Å². The quantitative estimate of drug-likeness (QED) is 0.319. The molecule has 0 spiro atoms. The van der Waals surface area contributed by atoms with Gasteiger partial charge in [-0.1, -0.05) is 29.8 Å². The van der Waals surface area contributed by atoms with Crippen LogP contribution in [0.4, 0.5) is 5.69 Å². The van der Waals surface area contributed by atoms with Gasteiger partial charge in [0.15, 0.2) is 6.10 Å². The molecule has 4 rings (SSSR count). The Kier molecular flexibility index (Phi) is 8.03. The van der Waals surface area contributed by atoms with Gasteiger partial charge in [-0.25, -0.2) is 13.2 Å². The van der Waals surface area contributed by atoms with E-state index in [1.165, 1.54) is 0 Å². The predicted octanol–water partition coefficient (Wildman–Crippen LogP) is 6.93. The Morgan fingerprint density at radius 3 is 2.38 bits per heavy atom. The van der Waals surface area contributed by atoms with E-state index >= 15 is 0 Å². The lowest BCUT2D eigenvalue weighted by molar-refractivity contribution is -0.160. The first-order chi connectivity index (χ1) is 18.2. The van der Waals surface area contributed by atoms with Crippen molar-refractivity contribution in [2.45, 2.75) is 59.2 Å². The van der Waals surface area contributed by atoms with Crippen molar-refractivity contribution in [2.24, 2.45) is 0 Å². The van der Waals surface area contributed by atoms with Crippen molar-refractivity contribution in [3.05, 3.63) is 69.7 Å². The molecule has 0 aromatic heterocycles. The standard InChI is InChI=1S/C30H34ClNO6S/c1-17-24(21-12-13-23-19(15-21)10-8-14-37-23)26(28(29(33)34)38-30(3,4)5)18(2)27(32-39(6,35)36)25(17)20-9-7-11-22(31)16-20/h7,9,11-13,15-16,28,32H,8,10,14H2,1-6H3,(H,33,34). The molecule has 0 amide bonds. The van der Waals surface area contributed by atoms with Gasteiger partial charge in [-0.05, 0) is 105 Å². The summed E-state index contributed by atoms with van der Waals surface area (Å²) in [6.45, 7) is 9.61. The van der Waals surface area contributed by atoms with Crippen molar-refractivity contribution in [3.63, 3.8) is 0 Å². The van der Waals surface area contributed by atoms with Crippen LogP contribution in [-0.2, 0) is 26.0 Å². The monoisotopic (exact) mass is 571 g/mol. The van der Waals surface area contributed by atoms with Gasteiger partial charge in [-0.2, -0.15) is 0 Å². The van der Waals surface area contributed by atoms with Crippen LogP contribution < -0.4 is 9.46 Å². The molecule has 208 valence electrons. The molecule has 0 radical (unpaired) electrons. The van der Waals surface area contributed by atoms with E-state index in [2.05, 4.69) is 4.72 Å². The van der Waals surface area contributed by atoms with Gasteiger partial charge in [0, 0.05) is 16.1 Å². The number of anilines is 1. The zero-order valence-electron chi connectivity index (χ0n) is 23.0. The number of fused-ring (bicyclic) bond motifs is 1. The van der Waals surface area contributed by atoms with Gasteiger partial charge in [-0.3, -0.25) is 4.72 Å². The molecule has 2 N–H and O–H groups in total. The second kappa shape index (κ2) is 10.8. The third-order valence-electron chi connectivity index (χ3n) is 6.60. The smallest absolute Gasteiger partial charge is 0.337 e. The summed E-state index contributed by atoms with van der Waals surface area (Å²) in [4.78, 5) is 12.8. The first kappa shape index (κ1) is 28.9. The summed E-state index contributed by atoms with van der Waals surface area (Å²) < 4.78 is 39.8. The van der Waals surface area contributed by atoms with Crippen LogP contribution >= 0.6 is 11.6 Å². The number of sulfonamides is 1. The van der Waals surface area contributed by atoms with Crippen molar-refractivity contribution in [3.8, 4) is 28.0 Å². The molecule has 0 bridgehead atoms. The zero-order valence-corrected chi connectivity index (χ0v) is 24.6. The van der Waals surface area contributed by atoms with E-state index in [-0.39, 0.29) is 0 Å². The molecule has 0 saturated carbocycles. The zero-order chi connectivity index (χ0) is 28.7. The van der Waals surface area contributed by atoms with Crippen LogP contribution in [0.15, 0.2) is 42.5 Å². The predicted molar refractivity (Wildman–Crippen MR) is 155 cm³/mol. The number of ether oxygens (including phenoxy) is 2. The SMILES string of the molecule is Cc1c(-c2cccc(Cl)c2)c(NS(C)(=O)=O)c(C)c(C(OC(C)(C)C)C(=O)O)c1-c1ccc2c(c1)CCCO2. The van der Waals surface area contributed by atoms with Gasteiger partial charge in [-0.15, -0.1) is 0 Å². The lowest BCUT2D eigenvalue weighted by Crippen LogP contribution is -2.29. The maximum absolute atomic E-state index is 12.8. The number of carboxylic acid groups (broad SMARTS) is 1. The lowest BCUT2D eigenvalue weighted by Gasteiger charge is -2.31. The molecule has 3 aromatic rings. The Hall–Kier alpha value is -3.07. The summed E-state index contributed by atoms with van der Waals surface area (Å²) in [5.74, 6) is -0.358. The molecular formula is C30H34ClNO6S. The van der Waals surface area contributed by atoms with E-state index in [4.69, 9.17) is 21.1 Å². The Balaban J connectivity index is 2.16. The fraction of sp³-hybridized carbons (Fsp3) is 0.367. The third kappa shape index (κ3) is 6.40.